The number of hydrogen-bond acceptors (Lipinski definition) is 6. The first kappa shape index (κ1) is 25.3. The summed E-state index contributed by atoms with van der Waals surface area (Å²) in [6.45, 7) is 2.19. The standard InChI is InChI=1S/C28H33BNO5/c1-19-26(31)25(35-27(19)29-30-2)18-34-28(20-8-6-5-7-9-20,21-10-14-23(32-3)15-11-21)22-12-16-24(33-4)17-13-22/h5-17,19,25-27,30-31H,18H2,1-4H3/t19?,25-,26-,27-/m1/s1. The molecule has 35 heavy (non-hydrogen) atoms. The molecule has 0 spiro atoms. The van der Waals surface area contributed by atoms with Gasteiger partial charge in [-0.25, -0.2) is 0 Å². The first-order chi connectivity index (χ1) is 17.0. The molecule has 1 heterocycles. The third-order valence-electron chi connectivity index (χ3n) is 6.74. The monoisotopic (exact) mass is 474 g/mol. The minimum Gasteiger partial charge on any atom is -0.497 e. The normalized spacial score (nSPS) is 22.1. The van der Waals surface area contributed by atoms with Gasteiger partial charge in [0.25, 0.3) is 0 Å². The Balaban J connectivity index is 1.79. The minimum absolute atomic E-state index is 0.0517. The van der Waals surface area contributed by atoms with Crippen molar-refractivity contribution in [3.05, 3.63) is 95.6 Å². The van der Waals surface area contributed by atoms with E-state index in [2.05, 4.69) is 17.4 Å². The molecule has 4 rings (SSSR count). The van der Waals surface area contributed by atoms with Crippen LogP contribution in [0.3, 0.4) is 0 Å². The summed E-state index contributed by atoms with van der Waals surface area (Å²) < 4.78 is 23.8. The molecule has 0 saturated carbocycles. The average molecular weight is 474 g/mol. The van der Waals surface area contributed by atoms with Crippen LogP contribution < -0.4 is 14.7 Å². The van der Waals surface area contributed by atoms with E-state index in [4.69, 9.17) is 18.9 Å². The van der Waals surface area contributed by atoms with Gasteiger partial charge in [-0.3, -0.25) is 0 Å². The fourth-order valence-corrected chi connectivity index (χ4v) is 4.71. The zero-order chi connectivity index (χ0) is 24.8. The van der Waals surface area contributed by atoms with Gasteiger partial charge < -0.3 is 29.3 Å². The number of aliphatic hydroxyl groups excluding tert-OH is 1. The maximum absolute atomic E-state index is 10.9. The van der Waals surface area contributed by atoms with Crippen LogP contribution in [0.2, 0.25) is 0 Å². The number of rotatable bonds is 10. The zero-order valence-corrected chi connectivity index (χ0v) is 20.7. The van der Waals surface area contributed by atoms with Crippen molar-refractivity contribution in [3.63, 3.8) is 0 Å². The van der Waals surface area contributed by atoms with E-state index in [1.807, 2.05) is 88.1 Å². The molecule has 4 atom stereocenters. The molecule has 0 aromatic heterocycles. The lowest BCUT2D eigenvalue weighted by Gasteiger charge is -2.37. The van der Waals surface area contributed by atoms with Gasteiger partial charge in [-0.1, -0.05) is 61.5 Å². The Morgan fingerprint density at radius 3 is 1.86 bits per heavy atom. The summed E-state index contributed by atoms with van der Waals surface area (Å²) in [6, 6.07) is 25.7. The van der Waals surface area contributed by atoms with E-state index in [0.717, 1.165) is 28.2 Å². The van der Waals surface area contributed by atoms with Gasteiger partial charge in [-0.15, -0.1) is 0 Å². The van der Waals surface area contributed by atoms with E-state index in [0.29, 0.717) is 0 Å². The smallest absolute Gasteiger partial charge is 0.241 e. The maximum Gasteiger partial charge on any atom is 0.241 e. The van der Waals surface area contributed by atoms with E-state index in [9.17, 15) is 5.11 Å². The molecule has 1 aliphatic heterocycles. The van der Waals surface area contributed by atoms with Crippen LogP contribution in [0.4, 0.5) is 0 Å². The number of aliphatic hydroxyl groups is 1. The van der Waals surface area contributed by atoms with E-state index in [1.165, 1.54) is 0 Å². The zero-order valence-electron chi connectivity index (χ0n) is 20.7. The number of hydrogen-bond donors (Lipinski definition) is 2. The van der Waals surface area contributed by atoms with E-state index in [-0.39, 0.29) is 18.5 Å². The highest BCUT2D eigenvalue weighted by Crippen LogP contribution is 2.42. The molecule has 2 N–H and O–H groups in total. The highest BCUT2D eigenvalue weighted by Gasteiger charge is 2.44. The van der Waals surface area contributed by atoms with E-state index >= 15 is 0 Å². The molecule has 0 aliphatic carbocycles. The first-order valence-electron chi connectivity index (χ1n) is 11.9. The molecule has 183 valence electrons. The van der Waals surface area contributed by atoms with Crippen LogP contribution in [0.25, 0.3) is 0 Å². The molecular formula is C28H33BNO5. The Kier molecular flexibility index (Phi) is 8.13. The van der Waals surface area contributed by atoms with Gasteiger partial charge in [0.2, 0.25) is 7.41 Å². The minimum atomic E-state index is -0.947. The van der Waals surface area contributed by atoms with Gasteiger partial charge in [0.1, 0.15) is 23.2 Å². The van der Waals surface area contributed by atoms with Crippen LogP contribution in [0, 0.1) is 5.92 Å². The van der Waals surface area contributed by atoms with Gasteiger partial charge in [-0.2, -0.15) is 0 Å². The van der Waals surface area contributed by atoms with Crippen LogP contribution in [-0.4, -0.2) is 58.6 Å². The summed E-state index contributed by atoms with van der Waals surface area (Å²) in [7, 11) is 7.00. The highest BCUT2D eigenvalue weighted by atomic mass is 16.6. The molecule has 1 saturated heterocycles. The molecule has 7 heteroatoms. The van der Waals surface area contributed by atoms with Crippen molar-refractivity contribution in [2.24, 2.45) is 5.92 Å². The number of nitrogens with one attached hydrogen (secondary N) is 1. The fraction of sp³-hybridized carbons (Fsp3) is 0.357. The molecule has 3 aromatic carbocycles. The van der Waals surface area contributed by atoms with Crippen LogP contribution in [0.5, 0.6) is 11.5 Å². The second-order valence-electron chi connectivity index (χ2n) is 8.76. The molecule has 1 fully saturated rings. The first-order valence-corrected chi connectivity index (χ1v) is 11.9. The Labute approximate surface area is 208 Å². The molecule has 1 unspecified atom stereocenters. The van der Waals surface area contributed by atoms with Gasteiger partial charge in [0.15, 0.2) is 0 Å². The number of methoxy groups -OCH3 is 2. The van der Waals surface area contributed by atoms with Gasteiger partial charge in [0, 0.05) is 11.9 Å². The van der Waals surface area contributed by atoms with Crippen molar-refractivity contribution in [2.75, 3.05) is 27.9 Å². The molecular weight excluding hydrogens is 441 g/mol. The van der Waals surface area contributed by atoms with Crippen molar-refractivity contribution in [3.8, 4) is 11.5 Å². The van der Waals surface area contributed by atoms with Gasteiger partial charge >= 0.3 is 0 Å². The molecule has 0 bridgehead atoms. The lowest BCUT2D eigenvalue weighted by molar-refractivity contribution is -0.0745. The predicted octanol–water partition coefficient (Wildman–Crippen LogP) is 3.57. The molecule has 1 radical (unpaired) electrons. The molecule has 3 aromatic rings. The van der Waals surface area contributed by atoms with Crippen molar-refractivity contribution >= 4 is 7.41 Å². The Morgan fingerprint density at radius 2 is 1.37 bits per heavy atom. The van der Waals surface area contributed by atoms with Crippen molar-refractivity contribution in [1.29, 1.82) is 0 Å². The average Bonchev–Trinajstić information content (AvgIpc) is 3.18. The summed E-state index contributed by atoms with van der Waals surface area (Å²) >= 11 is 0. The quantitative estimate of drug-likeness (QED) is 0.346. The summed E-state index contributed by atoms with van der Waals surface area (Å²) in [5.41, 5.74) is 1.90. The summed E-state index contributed by atoms with van der Waals surface area (Å²) in [5.74, 6) is 1.47. The van der Waals surface area contributed by atoms with Crippen molar-refractivity contribution in [2.45, 2.75) is 30.7 Å². The lowest BCUT2D eigenvalue weighted by atomic mass is 9.77. The van der Waals surface area contributed by atoms with E-state index in [1.54, 1.807) is 14.2 Å². The van der Waals surface area contributed by atoms with Gasteiger partial charge in [-0.05, 0) is 48.0 Å². The molecule has 6 nitrogen and oxygen atoms in total. The summed E-state index contributed by atoms with van der Waals surface area (Å²) in [5, 5.41) is 13.9. The van der Waals surface area contributed by atoms with Crippen LogP contribution in [0.1, 0.15) is 23.6 Å². The van der Waals surface area contributed by atoms with Crippen molar-refractivity contribution < 1.29 is 24.1 Å². The summed E-state index contributed by atoms with van der Waals surface area (Å²) in [4.78, 5) is 0. The number of ether oxygens (including phenoxy) is 4. The Bertz CT molecular complexity index is 1010. The second kappa shape index (κ2) is 11.3. The number of benzene rings is 3. The largest absolute Gasteiger partial charge is 0.497 e. The Morgan fingerprint density at radius 1 is 0.857 bits per heavy atom. The van der Waals surface area contributed by atoms with Crippen LogP contribution in [-0.2, 0) is 15.1 Å². The Hall–Kier alpha value is -2.84. The lowest BCUT2D eigenvalue weighted by Crippen LogP contribution is -2.38. The van der Waals surface area contributed by atoms with E-state index < -0.39 is 17.8 Å². The second-order valence-corrected chi connectivity index (χ2v) is 8.76. The third-order valence-corrected chi connectivity index (χ3v) is 6.74. The maximum atomic E-state index is 10.9. The molecule has 0 amide bonds. The third kappa shape index (κ3) is 5.09. The van der Waals surface area contributed by atoms with Gasteiger partial charge in [0.05, 0.1) is 26.9 Å². The predicted molar refractivity (Wildman–Crippen MR) is 137 cm³/mol. The topological polar surface area (TPSA) is 69.2 Å². The SMILES string of the molecule is CN[B][C@@H]1O[C@H](COC(c2ccccc2)(c2ccc(OC)cc2)c2ccc(OC)cc2)[C@H](O)C1C. The highest BCUT2D eigenvalue weighted by molar-refractivity contribution is 6.34. The fourth-order valence-electron chi connectivity index (χ4n) is 4.71. The van der Waals surface area contributed by atoms with Crippen LogP contribution >= 0.6 is 0 Å². The van der Waals surface area contributed by atoms with Crippen LogP contribution in [0.15, 0.2) is 78.9 Å². The van der Waals surface area contributed by atoms with Crippen molar-refractivity contribution in [1.82, 2.24) is 5.23 Å². The molecule has 1 aliphatic rings. The summed E-state index contributed by atoms with van der Waals surface area (Å²) in [6.07, 6.45) is -1.12.